The Labute approximate surface area is 155 Å². The average molecular weight is 382 g/mol. The van der Waals surface area contributed by atoms with E-state index in [1.165, 1.54) is 0 Å². The normalized spacial score (nSPS) is 21.4. The molecule has 1 aliphatic carbocycles. The van der Waals surface area contributed by atoms with Gasteiger partial charge in [0.2, 0.25) is 5.95 Å². The Bertz CT molecular complexity index is 891. The van der Waals surface area contributed by atoms with E-state index in [9.17, 15) is 17.6 Å². The zero-order valence-corrected chi connectivity index (χ0v) is 15.2. The number of alkyl halides is 3. The minimum atomic E-state index is -4.24. The molecule has 2 aliphatic rings. The summed E-state index contributed by atoms with van der Waals surface area (Å²) in [6.07, 6.45) is -1.18. The van der Waals surface area contributed by atoms with Gasteiger partial charge >= 0.3 is 6.18 Å². The predicted octanol–water partition coefficient (Wildman–Crippen LogP) is 5.94. The number of allylic oxidation sites excluding steroid dienone is 2. The third kappa shape index (κ3) is 3.49. The van der Waals surface area contributed by atoms with Gasteiger partial charge in [-0.3, -0.25) is 0 Å². The van der Waals surface area contributed by atoms with Crippen LogP contribution < -0.4 is 0 Å². The summed E-state index contributed by atoms with van der Waals surface area (Å²) in [5, 5.41) is 4.51. The van der Waals surface area contributed by atoms with Crippen LogP contribution in [0, 0.1) is 5.95 Å². The van der Waals surface area contributed by atoms with E-state index in [0.29, 0.717) is 53.5 Å². The first-order chi connectivity index (χ1) is 12.8. The first-order valence-corrected chi connectivity index (χ1v) is 9.42. The number of nitrogens with zero attached hydrogens (tertiary/aromatic N) is 2. The summed E-state index contributed by atoms with van der Waals surface area (Å²) in [6.45, 7) is 2.34. The summed E-state index contributed by atoms with van der Waals surface area (Å²) in [7, 11) is 0. The van der Waals surface area contributed by atoms with Crippen molar-refractivity contribution >= 4 is 16.5 Å². The Morgan fingerprint density at radius 1 is 1.19 bits per heavy atom. The fraction of sp³-hybridized carbons (Fsp3) is 0.550. The molecule has 27 heavy (non-hydrogen) atoms. The van der Waals surface area contributed by atoms with Gasteiger partial charge in [0, 0.05) is 6.61 Å². The quantitative estimate of drug-likeness (QED) is 0.602. The molecule has 1 aromatic carbocycles. The number of aryl methyl sites for hydroxylation is 1. The van der Waals surface area contributed by atoms with Crippen molar-refractivity contribution in [2.75, 3.05) is 6.61 Å². The Morgan fingerprint density at radius 2 is 2.00 bits per heavy atom. The van der Waals surface area contributed by atoms with Crippen molar-refractivity contribution in [2.24, 2.45) is 0 Å². The molecule has 1 atom stereocenters. The van der Waals surface area contributed by atoms with E-state index in [2.05, 4.69) is 5.10 Å². The van der Waals surface area contributed by atoms with E-state index in [-0.39, 0.29) is 6.23 Å². The SMILES string of the molecule is CC1=C(CC(F)(F)F)CCCc2c1ccc1c2c(F)nn1C1CCCCO1. The molecule has 0 amide bonds. The van der Waals surface area contributed by atoms with E-state index in [0.717, 1.165) is 24.8 Å². The molecule has 0 bridgehead atoms. The van der Waals surface area contributed by atoms with Gasteiger partial charge in [0.05, 0.1) is 17.3 Å². The molecule has 1 aromatic heterocycles. The van der Waals surface area contributed by atoms with E-state index >= 15 is 0 Å². The van der Waals surface area contributed by atoms with Crippen LogP contribution >= 0.6 is 0 Å². The fourth-order valence-corrected chi connectivity index (χ4v) is 4.32. The molecule has 0 radical (unpaired) electrons. The second-order valence-electron chi connectivity index (χ2n) is 7.42. The molecule has 1 saturated heterocycles. The molecule has 2 heterocycles. The molecule has 0 saturated carbocycles. The molecule has 7 heteroatoms. The van der Waals surface area contributed by atoms with Gasteiger partial charge in [0.1, 0.15) is 0 Å². The van der Waals surface area contributed by atoms with Crippen LogP contribution in [0.5, 0.6) is 0 Å². The molecule has 1 fully saturated rings. The standard InChI is InChI=1S/C20H22F4N2O/c1-12-13(11-20(22,23)24)5-4-6-15-14(12)8-9-16-18(15)19(21)25-26(16)17-7-2-3-10-27-17/h8-9,17H,2-7,10-11H2,1H3. The summed E-state index contributed by atoms with van der Waals surface area (Å²) in [4.78, 5) is 0. The van der Waals surface area contributed by atoms with Gasteiger partial charge < -0.3 is 4.74 Å². The number of benzene rings is 1. The van der Waals surface area contributed by atoms with E-state index in [4.69, 9.17) is 4.74 Å². The van der Waals surface area contributed by atoms with E-state index in [1.807, 2.05) is 6.07 Å². The molecule has 1 aliphatic heterocycles. The first kappa shape index (κ1) is 18.5. The number of aromatic nitrogens is 2. The third-order valence-corrected chi connectivity index (χ3v) is 5.62. The topological polar surface area (TPSA) is 27.1 Å². The first-order valence-electron chi connectivity index (χ1n) is 9.42. The second kappa shape index (κ2) is 6.93. The van der Waals surface area contributed by atoms with Crippen LogP contribution in [0.4, 0.5) is 17.6 Å². The molecule has 0 N–H and O–H groups in total. The van der Waals surface area contributed by atoms with E-state index in [1.54, 1.807) is 17.7 Å². The Morgan fingerprint density at radius 3 is 2.70 bits per heavy atom. The largest absolute Gasteiger partial charge is 0.392 e. The number of ether oxygens (including phenoxy) is 1. The molecule has 0 spiro atoms. The Kier molecular flexibility index (Phi) is 4.74. The van der Waals surface area contributed by atoms with Gasteiger partial charge in [-0.25, -0.2) is 4.68 Å². The number of fused-ring (bicyclic) bond motifs is 3. The van der Waals surface area contributed by atoms with Gasteiger partial charge in [0.15, 0.2) is 6.23 Å². The molecule has 1 unspecified atom stereocenters. The summed E-state index contributed by atoms with van der Waals surface area (Å²) in [5.41, 5.74) is 3.14. The zero-order chi connectivity index (χ0) is 19.2. The summed E-state index contributed by atoms with van der Waals surface area (Å²) in [5.74, 6) is -0.567. The number of hydrogen-bond donors (Lipinski definition) is 0. The maximum atomic E-state index is 14.8. The van der Waals surface area contributed by atoms with Crippen molar-refractivity contribution in [1.82, 2.24) is 9.78 Å². The van der Waals surface area contributed by atoms with Crippen LogP contribution in [0.15, 0.2) is 17.7 Å². The van der Waals surface area contributed by atoms with Crippen LogP contribution in [0.1, 0.15) is 62.8 Å². The fourth-order valence-electron chi connectivity index (χ4n) is 4.32. The summed E-state index contributed by atoms with van der Waals surface area (Å²) in [6, 6.07) is 3.58. The van der Waals surface area contributed by atoms with Crippen LogP contribution in [-0.2, 0) is 11.2 Å². The highest BCUT2D eigenvalue weighted by atomic mass is 19.4. The van der Waals surface area contributed by atoms with Gasteiger partial charge in [-0.05, 0) is 68.2 Å². The highest BCUT2D eigenvalue weighted by molar-refractivity contribution is 5.89. The maximum Gasteiger partial charge on any atom is 0.392 e. The van der Waals surface area contributed by atoms with Crippen molar-refractivity contribution in [2.45, 2.75) is 64.3 Å². The lowest BCUT2D eigenvalue weighted by atomic mass is 9.94. The lowest BCUT2D eigenvalue weighted by Crippen LogP contribution is -2.19. The second-order valence-corrected chi connectivity index (χ2v) is 7.42. The van der Waals surface area contributed by atoms with Gasteiger partial charge in [0.25, 0.3) is 0 Å². The Hall–Kier alpha value is -1.89. The van der Waals surface area contributed by atoms with Crippen LogP contribution in [-0.4, -0.2) is 22.6 Å². The van der Waals surface area contributed by atoms with Crippen LogP contribution in [0.3, 0.4) is 0 Å². The smallest absolute Gasteiger partial charge is 0.356 e. The average Bonchev–Trinajstić information content (AvgIpc) is 2.89. The molecule has 4 rings (SSSR count). The number of rotatable bonds is 2. The van der Waals surface area contributed by atoms with Crippen molar-refractivity contribution < 1.29 is 22.3 Å². The van der Waals surface area contributed by atoms with Crippen LogP contribution in [0.2, 0.25) is 0 Å². The van der Waals surface area contributed by atoms with Crippen molar-refractivity contribution in [3.8, 4) is 0 Å². The van der Waals surface area contributed by atoms with Crippen molar-refractivity contribution in [1.29, 1.82) is 0 Å². The summed E-state index contributed by atoms with van der Waals surface area (Å²) >= 11 is 0. The summed E-state index contributed by atoms with van der Waals surface area (Å²) < 4.78 is 60.9. The molecular formula is C20H22F4N2O. The monoisotopic (exact) mass is 382 g/mol. The maximum absolute atomic E-state index is 14.8. The highest BCUT2D eigenvalue weighted by Gasteiger charge is 2.31. The van der Waals surface area contributed by atoms with E-state index < -0.39 is 18.5 Å². The van der Waals surface area contributed by atoms with Gasteiger partial charge in [-0.2, -0.15) is 17.6 Å². The lowest BCUT2D eigenvalue weighted by Gasteiger charge is -2.23. The predicted molar refractivity (Wildman–Crippen MR) is 94.7 cm³/mol. The van der Waals surface area contributed by atoms with Crippen LogP contribution in [0.25, 0.3) is 16.5 Å². The lowest BCUT2D eigenvalue weighted by molar-refractivity contribution is -0.127. The highest BCUT2D eigenvalue weighted by Crippen LogP contribution is 2.40. The minimum absolute atomic E-state index is 0.285. The molecule has 3 nitrogen and oxygen atoms in total. The van der Waals surface area contributed by atoms with Gasteiger partial charge in [-0.15, -0.1) is 5.10 Å². The molecular weight excluding hydrogens is 360 g/mol. The molecule has 2 aromatic rings. The Balaban J connectivity index is 1.82. The third-order valence-electron chi connectivity index (χ3n) is 5.62. The van der Waals surface area contributed by atoms with Gasteiger partial charge in [-0.1, -0.05) is 11.6 Å². The number of halogens is 4. The number of hydrogen-bond acceptors (Lipinski definition) is 2. The minimum Gasteiger partial charge on any atom is -0.356 e. The zero-order valence-electron chi connectivity index (χ0n) is 15.2. The molecule has 146 valence electrons. The van der Waals surface area contributed by atoms with Crippen molar-refractivity contribution in [3.63, 3.8) is 0 Å². The van der Waals surface area contributed by atoms with Crippen molar-refractivity contribution in [3.05, 3.63) is 34.8 Å².